The topological polar surface area (TPSA) is 120 Å². The molecule has 1 aliphatic rings. The summed E-state index contributed by atoms with van der Waals surface area (Å²) in [5.41, 5.74) is 0.389. The predicted molar refractivity (Wildman–Crippen MR) is 109 cm³/mol. The van der Waals surface area contributed by atoms with Gasteiger partial charge in [0, 0.05) is 10.6 Å². The van der Waals surface area contributed by atoms with Crippen LogP contribution in [0.3, 0.4) is 0 Å². The molecule has 0 bridgehead atoms. The summed E-state index contributed by atoms with van der Waals surface area (Å²) >= 11 is 5.84. The molecule has 3 aromatic rings. The number of halogens is 1. The highest BCUT2D eigenvalue weighted by Gasteiger charge is 2.37. The average molecular weight is 436 g/mol. The van der Waals surface area contributed by atoms with Crippen LogP contribution in [0, 0.1) is 0 Å². The lowest BCUT2D eigenvalue weighted by atomic mass is 10.1. The van der Waals surface area contributed by atoms with Crippen molar-refractivity contribution in [3.05, 3.63) is 82.6 Å². The number of imide groups is 2. The maximum Gasteiger partial charge on any atom is 0.335 e. The third-order valence-electron chi connectivity index (χ3n) is 4.48. The smallest absolute Gasteiger partial charge is 0.335 e. The third-order valence-corrected chi connectivity index (χ3v) is 4.73. The van der Waals surface area contributed by atoms with Crippen LogP contribution in [-0.2, 0) is 9.59 Å². The Hall–Kier alpha value is -4.17. The van der Waals surface area contributed by atoms with Crippen molar-refractivity contribution >= 4 is 47.2 Å². The van der Waals surface area contributed by atoms with Crippen LogP contribution >= 0.6 is 11.6 Å². The molecular weight excluding hydrogens is 424 g/mol. The second kappa shape index (κ2) is 7.92. The van der Waals surface area contributed by atoms with Crippen LogP contribution in [-0.4, -0.2) is 23.8 Å². The van der Waals surface area contributed by atoms with E-state index in [-0.39, 0.29) is 22.6 Å². The Morgan fingerprint density at radius 3 is 2.48 bits per heavy atom. The molecule has 0 saturated carbocycles. The number of carbonyl (C=O) groups is 4. The Balaban J connectivity index is 1.66. The molecule has 1 aromatic heterocycles. The fourth-order valence-electron chi connectivity index (χ4n) is 3.01. The lowest BCUT2D eigenvalue weighted by Crippen LogP contribution is -2.54. The van der Waals surface area contributed by atoms with Gasteiger partial charge >= 0.3 is 6.03 Å². The fourth-order valence-corrected chi connectivity index (χ4v) is 3.14. The van der Waals surface area contributed by atoms with Crippen LogP contribution < -0.4 is 15.3 Å². The van der Waals surface area contributed by atoms with Crippen molar-refractivity contribution < 1.29 is 28.7 Å². The van der Waals surface area contributed by atoms with Gasteiger partial charge in [-0.1, -0.05) is 29.8 Å². The summed E-state index contributed by atoms with van der Waals surface area (Å²) in [6.45, 7) is 0. The fraction of sp³-hybridized carbons (Fsp3) is 0. The molecule has 9 heteroatoms. The van der Waals surface area contributed by atoms with Gasteiger partial charge in [0.1, 0.15) is 17.1 Å². The van der Waals surface area contributed by atoms with Crippen molar-refractivity contribution in [2.75, 3.05) is 4.90 Å². The van der Waals surface area contributed by atoms with Gasteiger partial charge in [-0.25, -0.2) is 9.69 Å². The summed E-state index contributed by atoms with van der Waals surface area (Å²) in [7, 11) is 0. The highest BCUT2D eigenvalue weighted by molar-refractivity contribution is 6.39. The van der Waals surface area contributed by atoms with Gasteiger partial charge in [0.05, 0.1) is 11.7 Å². The van der Waals surface area contributed by atoms with E-state index in [2.05, 4.69) is 5.32 Å². The molecule has 2 aromatic carbocycles. The number of nitrogens with one attached hydrogen (secondary N) is 1. The number of anilines is 1. The van der Waals surface area contributed by atoms with Crippen molar-refractivity contribution in [3.8, 4) is 11.3 Å². The van der Waals surface area contributed by atoms with Gasteiger partial charge in [0.15, 0.2) is 0 Å². The van der Waals surface area contributed by atoms with Crippen LogP contribution in [0.2, 0.25) is 5.02 Å². The number of amides is 4. The van der Waals surface area contributed by atoms with Gasteiger partial charge in [-0.15, -0.1) is 0 Å². The Kier molecular flexibility index (Phi) is 5.14. The molecule has 0 unspecified atom stereocenters. The lowest BCUT2D eigenvalue weighted by Gasteiger charge is -2.26. The first-order valence-corrected chi connectivity index (χ1v) is 9.30. The number of urea groups is 1. The molecule has 1 saturated heterocycles. The largest absolute Gasteiger partial charge is 0.545 e. The number of carboxylic acid groups (broad SMARTS) is 1. The molecule has 0 spiro atoms. The van der Waals surface area contributed by atoms with Crippen LogP contribution in [0.15, 0.2) is 70.7 Å². The highest BCUT2D eigenvalue weighted by Crippen LogP contribution is 2.27. The number of furan rings is 1. The molecule has 1 N–H and O–H groups in total. The van der Waals surface area contributed by atoms with Gasteiger partial charge in [0.2, 0.25) is 0 Å². The molecule has 8 nitrogen and oxygen atoms in total. The molecular formula is C22H12ClN2O6-. The summed E-state index contributed by atoms with van der Waals surface area (Å²) in [6.07, 6.45) is 1.21. The van der Waals surface area contributed by atoms with E-state index in [4.69, 9.17) is 16.0 Å². The monoisotopic (exact) mass is 435 g/mol. The van der Waals surface area contributed by atoms with Crippen molar-refractivity contribution in [3.63, 3.8) is 0 Å². The minimum absolute atomic E-state index is 0.0206. The van der Waals surface area contributed by atoms with Crippen molar-refractivity contribution in [2.24, 2.45) is 0 Å². The quantitative estimate of drug-likeness (QED) is 0.497. The summed E-state index contributed by atoms with van der Waals surface area (Å²) < 4.78 is 5.64. The zero-order valence-corrected chi connectivity index (χ0v) is 16.4. The van der Waals surface area contributed by atoms with Crippen LogP contribution in [0.25, 0.3) is 17.4 Å². The van der Waals surface area contributed by atoms with Crippen LogP contribution in [0.1, 0.15) is 16.1 Å². The molecule has 4 amide bonds. The Labute approximate surface area is 180 Å². The molecule has 31 heavy (non-hydrogen) atoms. The number of hydrogen-bond donors (Lipinski definition) is 1. The average Bonchev–Trinajstić information content (AvgIpc) is 3.21. The van der Waals surface area contributed by atoms with Crippen LogP contribution in [0.5, 0.6) is 0 Å². The van der Waals surface area contributed by atoms with Crippen molar-refractivity contribution in [2.45, 2.75) is 0 Å². The van der Waals surface area contributed by atoms with E-state index in [1.165, 1.54) is 54.6 Å². The van der Waals surface area contributed by atoms with Gasteiger partial charge in [-0.2, -0.15) is 0 Å². The number of aromatic carboxylic acids is 1. The zero-order chi connectivity index (χ0) is 22.1. The van der Waals surface area contributed by atoms with Crippen molar-refractivity contribution in [1.82, 2.24) is 5.32 Å². The van der Waals surface area contributed by atoms with Gasteiger partial charge < -0.3 is 14.3 Å². The predicted octanol–water partition coefficient (Wildman–Crippen LogP) is 2.63. The maximum absolute atomic E-state index is 12.9. The SMILES string of the molecule is O=C1NC(=O)N(c2ccc(Cl)cc2)C(=O)/C1=C\c1ccc(-c2cccc(C(=O)[O-])c2)o1. The van der Waals surface area contributed by atoms with E-state index in [0.717, 1.165) is 4.90 Å². The minimum Gasteiger partial charge on any atom is -0.545 e. The first-order chi connectivity index (χ1) is 14.8. The van der Waals surface area contributed by atoms with Crippen LogP contribution in [0.4, 0.5) is 10.5 Å². The molecule has 1 aliphatic heterocycles. The van der Waals surface area contributed by atoms with Crippen molar-refractivity contribution in [1.29, 1.82) is 0 Å². The summed E-state index contributed by atoms with van der Waals surface area (Å²) in [5, 5.41) is 13.6. The zero-order valence-electron chi connectivity index (χ0n) is 15.6. The maximum atomic E-state index is 12.9. The normalized spacial score (nSPS) is 15.3. The van der Waals surface area contributed by atoms with Gasteiger partial charge in [-0.3, -0.25) is 14.9 Å². The highest BCUT2D eigenvalue weighted by atomic mass is 35.5. The Bertz CT molecular complexity index is 1260. The number of barbiturate groups is 1. The molecule has 0 radical (unpaired) electrons. The lowest BCUT2D eigenvalue weighted by molar-refractivity contribution is -0.255. The molecule has 0 aliphatic carbocycles. The molecule has 4 rings (SSSR count). The molecule has 154 valence electrons. The van der Waals surface area contributed by atoms with E-state index >= 15 is 0 Å². The first kappa shape index (κ1) is 20.1. The number of hydrogen-bond acceptors (Lipinski definition) is 6. The molecule has 1 fully saturated rings. The number of carboxylic acids is 1. The van der Waals surface area contributed by atoms with E-state index in [1.54, 1.807) is 12.1 Å². The second-order valence-corrected chi connectivity index (χ2v) is 6.94. The number of rotatable bonds is 4. The second-order valence-electron chi connectivity index (χ2n) is 6.50. The third kappa shape index (κ3) is 3.96. The Morgan fingerprint density at radius 2 is 1.77 bits per heavy atom. The number of nitrogens with zero attached hydrogens (tertiary/aromatic N) is 1. The Morgan fingerprint density at radius 1 is 1.03 bits per heavy atom. The van der Waals surface area contributed by atoms with E-state index < -0.39 is 23.8 Å². The van der Waals surface area contributed by atoms with E-state index in [0.29, 0.717) is 16.3 Å². The van der Waals surface area contributed by atoms with E-state index in [1.807, 2.05) is 0 Å². The standard InChI is InChI=1S/C22H13ClN2O6/c23-14-4-6-15(7-5-14)25-20(27)17(19(26)24-22(25)30)11-16-8-9-18(31-16)12-2-1-3-13(10-12)21(28)29/h1-11H,(H,28,29)(H,24,26,30)/p-1/b17-11-. The number of benzene rings is 2. The minimum atomic E-state index is -1.33. The van der Waals surface area contributed by atoms with E-state index in [9.17, 15) is 24.3 Å². The molecule has 0 atom stereocenters. The molecule has 2 heterocycles. The first-order valence-electron chi connectivity index (χ1n) is 8.92. The summed E-state index contributed by atoms with van der Waals surface area (Å²) in [4.78, 5) is 49.2. The number of carbonyl (C=O) groups excluding carboxylic acids is 4. The van der Waals surface area contributed by atoms with Gasteiger partial charge in [0.25, 0.3) is 11.8 Å². The summed E-state index contributed by atoms with van der Waals surface area (Å²) in [5.74, 6) is -2.53. The summed E-state index contributed by atoms with van der Waals surface area (Å²) in [6, 6.07) is 14.1. The van der Waals surface area contributed by atoms with Gasteiger partial charge in [-0.05, 0) is 54.1 Å².